The van der Waals surface area contributed by atoms with Gasteiger partial charge in [0.25, 0.3) is 0 Å². The van der Waals surface area contributed by atoms with E-state index < -0.39 is 9.84 Å². The quantitative estimate of drug-likeness (QED) is 0.580. The Balaban J connectivity index is 3.32. The predicted octanol–water partition coefficient (Wildman–Crippen LogP) is 2.39. The van der Waals surface area contributed by atoms with E-state index in [0.29, 0.717) is 11.5 Å². The first-order valence-electron chi connectivity index (χ1n) is 4.82. The Morgan fingerprint density at radius 2 is 1.50 bits per heavy atom. The van der Waals surface area contributed by atoms with Gasteiger partial charge in [0.15, 0.2) is 0 Å². The maximum absolute atomic E-state index is 11.0. The van der Waals surface area contributed by atoms with Gasteiger partial charge in [-0.2, -0.15) is 0 Å². The molecule has 0 rings (SSSR count). The summed E-state index contributed by atoms with van der Waals surface area (Å²) in [6.45, 7) is 3.87. The molecule has 3 heteroatoms. The standard InChI is InChI=1S/C9H20O2S/c1-3-5-6-7-8-9-12(10,11)4-2/h3-9H2,1-2H3. The molecule has 0 fully saturated rings. The van der Waals surface area contributed by atoms with Gasteiger partial charge in [0.1, 0.15) is 9.84 Å². The third-order valence-electron chi connectivity index (χ3n) is 2.00. The highest BCUT2D eigenvalue weighted by molar-refractivity contribution is 7.91. The zero-order chi connectivity index (χ0) is 9.45. The van der Waals surface area contributed by atoms with E-state index in [1.807, 2.05) is 0 Å². The Morgan fingerprint density at radius 1 is 0.917 bits per heavy atom. The number of hydrogen-bond acceptors (Lipinski definition) is 2. The monoisotopic (exact) mass is 192 g/mol. The fourth-order valence-electron chi connectivity index (χ4n) is 1.07. The van der Waals surface area contributed by atoms with Crippen molar-refractivity contribution in [3.05, 3.63) is 0 Å². The number of sulfone groups is 1. The maximum Gasteiger partial charge on any atom is 0.150 e. The molecule has 0 aliphatic carbocycles. The van der Waals surface area contributed by atoms with Crippen molar-refractivity contribution >= 4 is 9.84 Å². The van der Waals surface area contributed by atoms with Crippen molar-refractivity contribution in [3.8, 4) is 0 Å². The number of rotatable bonds is 7. The molecule has 0 aromatic heterocycles. The summed E-state index contributed by atoms with van der Waals surface area (Å²) < 4.78 is 22.1. The molecule has 0 unspecified atom stereocenters. The SMILES string of the molecule is CCCCCCCS(=O)(=O)CC. The van der Waals surface area contributed by atoms with E-state index in [1.165, 1.54) is 19.3 Å². The largest absolute Gasteiger partial charge is 0.229 e. The van der Waals surface area contributed by atoms with Gasteiger partial charge in [-0.15, -0.1) is 0 Å². The van der Waals surface area contributed by atoms with E-state index in [1.54, 1.807) is 6.92 Å². The normalized spacial score (nSPS) is 11.8. The highest BCUT2D eigenvalue weighted by Crippen LogP contribution is 2.04. The summed E-state index contributed by atoms with van der Waals surface area (Å²) in [5.41, 5.74) is 0. The zero-order valence-corrected chi connectivity index (χ0v) is 8.99. The molecule has 0 heterocycles. The summed E-state index contributed by atoms with van der Waals surface area (Å²) >= 11 is 0. The highest BCUT2D eigenvalue weighted by atomic mass is 32.2. The van der Waals surface area contributed by atoms with Gasteiger partial charge in [0.05, 0.1) is 5.75 Å². The second-order valence-electron chi connectivity index (χ2n) is 3.15. The fourth-order valence-corrected chi connectivity index (χ4v) is 2.00. The van der Waals surface area contributed by atoms with Crippen molar-refractivity contribution in [2.45, 2.75) is 46.0 Å². The van der Waals surface area contributed by atoms with Crippen LogP contribution in [0.1, 0.15) is 46.0 Å². The van der Waals surface area contributed by atoms with Crippen molar-refractivity contribution < 1.29 is 8.42 Å². The summed E-state index contributed by atoms with van der Waals surface area (Å²) in [6, 6.07) is 0. The molecular formula is C9H20O2S. The number of hydrogen-bond donors (Lipinski definition) is 0. The van der Waals surface area contributed by atoms with Crippen LogP contribution in [0.5, 0.6) is 0 Å². The van der Waals surface area contributed by atoms with Gasteiger partial charge in [-0.1, -0.05) is 39.5 Å². The average molecular weight is 192 g/mol. The van der Waals surface area contributed by atoms with Crippen molar-refractivity contribution in [3.63, 3.8) is 0 Å². The van der Waals surface area contributed by atoms with Crippen molar-refractivity contribution in [1.82, 2.24) is 0 Å². The Morgan fingerprint density at radius 3 is 2.00 bits per heavy atom. The van der Waals surface area contributed by atoms with Gasteiger partial charge in [-0.3, -0.25) is 0 Å². The summed E-state index contributed by atoms with van der Waals surface area (Å²) in [5, 5.41) is 0. The van der Waals surface area contributed by atoms with Gasteiger partial charge in [0.2, 0.25) is 0 Å². The molecule has 12 heavy (non-hydrogen) atoms. The van der Waals surface area contributed by atoms with Crippen LogP contribution in [-0.4, -0.2) is 19.9 Å². The molecule has 0 atom stereocenters. The van der Waals surface area contributed by atoms with Crippen molar-refractivity contribution in [2.75, 3.05) is 11.5 Å². The maximum atomic E-state index is 11.0. The lowest BCUT2D eigenvalue weighted by atomic mass is 10.2. The fraction of sp³-hybridized carbons (Fsp3) is 1.00. The lowest BCUT2D eigenvalue weighted by molar-refractivity contribution is 0.588. The summed E-state index contributed by atoms with van der Waals surface area (Å²) in [4.78, 5) is 0. The van der Waals surface area contributed by atoms with Crippen LogP contribution in [0, 0.1) is 0 Å². The van der Waals surface area contributed by atoms with Crippen LogP contribution in [0.15, 0.2) is 0 Å². The van der Waals surface area contributed by atoms with E-state index in [-0.39, 0.29) is 0 Å². The first-order chi connectivity index (χ1) is 5.62. The Kier molecular flexibility index (Phi) is 6.44. The average Bonchev–Trinajstić information content (AvgIpc) is 2.04. The first-order valence-corrected chi connectivity index (χ1v) is 6.65. The minimum absolute atomic E-state index is 0.292. The molecule has 0 spiro atoms. The minimum Gasteiger partial charge on any atom is -0.229 e. The molecule has 0 saturated heterocycles. The Bertz CT molecular complexity index is 183. The van der Waals surface area contributed by atoms with Gasteiger partial charge in [-0.25, -0.2) is 8.42 Å². The van der Waals surface area contributed by atoms with Crippen LogP contribution < -0.4 is 0 Å². The molecule has 74 valence electrons. The lowest BCUT2D eigenvalue weighted by Crippen LogP contribution is -2.08. The molecule has 0 aromatic carbocycles. The van der Waals surface area contributed by atoms with Gasteiger partial charge >= 0.3 is 0 Å². The third kappa shape index (κ3) is 6.65. The molecule has 0 amide bonds. The van der Waals surface area contributed by atoms with Crippen LogP contribution in [0.4, 0.5) is 0 Å². The Labute approximate surface area is 76.3 Å². The Hall–Kier alpha value is -0.0500. The molecule has 0 N–H and O–H groups in total. The van der Waals surface area contributed by atoms with E-state index in [0.717, 1.165) is 12.8 Å². The second-order valence-corrected chi connectivity index (χ2v) is 5.62. The summed E-state index contributed by atoms with van der Waals surface area (Å²) in [5.74, 6) is 0.675. The van der Waals surface area contributed by atoms with E-state index in [4.69, 9.17) is 0 Å². The molecular weight excluding hydrogens is 172 g/mol. The summed E-state index contributed by atoms with van der Waals surface area (Å²) in [7, 11) is -2.71. The van der Waals surface area contributed by atoms with Crippen LogP contribution in [0.3, 0.4) is 0 Å². The molecule has 2 nitrogen and oxygen atoms in total. The smallest absolute Gasteiger partial charge is 0.150 e. The van der Waals surface area contributed by atoms with E-state index >= 15 is 0 Å². The topological polar surface area (TPSA) is 34.1 Å². The van der Waals surface area contributed by atoms with Crippen LogP contribution in [0.25, 0.3) is 0 Å². The van der Waals surface area contributed by atoms with Crippen LogP contribution in [-0.2, 0) is 9.84 Å². The molecule has 0 aromatic rings. The zero-order valence-electron chi connectivity index (χ0n) is 8.17. The molecule has 0 radical (unpaired) electrons. The predicted molar refractivity (Wildman–Crippen MR) is 53.1 cm³/mol. The van der Waals surface area contributed by atoms with Crippen LogP contribution in [0.2, 0.25) is 0 Å². The van der Waals surface area contributed by atoms with Crippen molar-refractivity contribution in [1.29, 1.82) is 0 Å². The third-order valence-corrected chi connectivity index (χ3v) is 3.79. The van der Waals surface area contributed by atoms with Crippen LogP contribution >= 0.6 is 0 Å². The second kappa shape index (κ2) is 6.46. The molecule has 0 bridgehead atoms. The van der Waals surface area contributed by atoms with Gasteiger partial charge < -0.3 is 0 Å². The minimum atomic E-state index is -2.71. The highest BCUT2D eigenvalue weighted by Gasteiger charge is 2.05. The number of unbranched alkanes of at least 4 members (excludes halogenated alkanes) is 4. The molecule has 0 saturated carbocycles. The summed E-state index contributed by atoms with van der Waals surface area (Å²) in [6.07, 6.45) is 5.52. The van der Waals surface area contributed by atoms with Gasteiger partial charge in [-0.05, 0) is 6.42 Å². The lowest BCUT2D eigenvalue weighted by Gasteiger charge is -2.00. The van der Waals surface area contributed by atoms with E-state index in [2.05, 4.69) is 6.92 Å². The van der Waals surface area contributed by atoms with Gasteiger partial charge in [0, 0.05) is 5.75 Å². The molecule has 0 aliphatic heterocycles. The van der Waals surface area contributed by atoms with Crippen molar-refractivity contribution in [2.24, 2.45) is 0 Å². The molecule has 0 aliphatic rings. The van der Waals surface area contributed by atoms with E-state index in [9.17, 15) is 8.42 Å². The first kappa shape index (κ1) is 11.9.